The fourth-order valence-electron chi connectivity index (χ4n) is 2.05. The minimum Gasteiger partial charge on any atom is -0.377 e. The number of nitrogens with zero attached hydrogens (tertiary/aromatic N) is 2. The van der Waals surface area contributed by atoms with E-state index in [1.54, 1.807) is 6.92 Å². The van der Waals surface area contributed by atoms with Crippen molar-refractivity contribution in [2.45, 2.75) is 32.5 Å². The molecule has 0 saturated carbocycles. The van der Waals surface area contributed by atoms with Crippen LogP contribution in [0.4, 0.5) is 22.0 Å². The summed E-state index contributed by atoms with van der Waals surface area (Å²) in [4.78, 5) is 6.54. The first kappa shape index (κ1) is 15.4. The quantitative estimate of drug-likeness (QED) is 0.851. The molecular weight excluding hydrogens is 293 g/mol. The third-order valence-electron chi connectivity index (χ3n) is 3.09. The number of aromatic nitrogens is 2. The van der Waals surface area contributed by atoms with E-state index >= 15 is 0 Å². The SMILES string of the molecule is CC1=C(C(F)F)NC(C)C(c2cnc(C(F)(F)F)nc2)=C1. The van der Waals surface area contributed by atoms with Gasteiger partial charge < -0.3 is 5.32 Å². The number of dihydropyridines is 1. The lowest BCUT2D eigenvalue weighted by Gasteiger charge is -2.26. The van der Waals surface area contributed by atoms with Crippen LogP contribution in [0.3, 0.4) is 0 Å². The molecule has 1 aliphatic heterocycles. The van der Waals surface area contributed by atoms with E-state index in [0.29, 0.717) is 16.7 Å². The van der Waals surface area contributed by atoms with Gasteiger partial charge in [0.2, 0.25) is 5.82 Å². The molecule has 3 nitrogen and oxygen atoms in total. The van der Waals surface area contributed by atoms with Gasteiger partial charge >= 0.3 is 6.18 Å². The van der Waals surface area contributed by atoms with Crippen LogP contribution in [0.25, 0.3) is 5.57 Å². The monoisotopic (exact) mass is 305 g/mol. The lowest BCUT2D eigenvalue weighted by Crippen LogP contribution is -2.33. The van der Waals surface area contributed by atoms with Crippen LogP contribution in [-0.4, -0.2) is 22.4 Å². The second-order valence-electron chi connectivity index (χ2n) is 4.66. The molecule has 1 aromatic rings. The minimum atomic E-state index is -4.61. The first-order valence-corrected chi connectivity index (χ1v) is 6.07. The molecule has 1 unspecified atom stereocenters. The van der Waals surface area contributed by atoms with Crippen molar-refractivity contribution in [3.8, 4) is 0 Å². The predicted molar refractivity (Wildman–Crippen MR) is 66.3 cm³/mol. The van der Waals surface area contributed by atoms with Crippen LogP contribution in [0.15, 0.2) is 29.7 Å². The van der Waals surface area contributed by atoms with Crippen LogP contribution >= 0.6 is 0 Å². The Morgan fingerprint density at radius 1 is 1.19 bits per heavy atom. The van der Waals surface area contributed by atoms with Gasteiger partial charge in [-0.3, -0.25) is 0 Å². The summed E-state index contributed by atoms with van der Waals surface area (Å²) in [6.45, 7) is 3.14. The summed E-state index contributed by atoms with van der Waals surface area (Å²) in [5.74, 6) is -1.23. The van der Waals surface area contributed by atoms with E-state index in [2.05, 4.69) is 15.3 Å². The number of nitrogens with one attached hydrogen (secondary N) is 1. The molecule has 0 amide bonds. The van der Waals surface area contributed by atoms with Gasteiger partial charge in [-0.25, -0.2) is 18.7 Å². The number of alkyl halides is 5. The topological polar surface area (TPSA) is 37.8 Å². The molecule has 0 bridgehead atoms. The molecule has 2 rings (SSSR count). The molecule has 1 atom stereocenters. The Labute approximate surface area is 117 Å². The fourth-order valence-corrected chi connectivity index (χ4v) is 2.05. The second kappa shape index (κ2) is 5.42. The van der Waals surface area contributed by atoms with Gasteiger partial charge in [0.15, 0.2) is 0 Å². The highest BCUT2D eigenvalue weighted by Gasteiger charge is 2.34. The third-order valence-corrected chi connectivity index (χ3v) is 3.09. The van der Waals surface area contributed by atoms with Gasteiger partial charge in [-0.2, -0.15) is 13.2 Å². The van der Waals surface area contributed by atoms with Crippen molar-refractivity contribution in [1.29, 1.82) is 0 Å². The van der Waals surface area contributed by atoms with Crippen LogP contribution in [0.2, 0.25) is 0 Å². The van der Waals surface area contributed by atoms with Crippen LogP contribution < -0.4 is 5.32 Å². The number of halogens is 5. The maximum atomic E-state index is 12.8. The summed E-state index contributed by atoms with van der Waals surface area (Å²) in [6.07, 6.45) is -3.65. The highest BCUT2D eigenvalue weighted by Crippen LogP contribution is 2.29. The Hall–Kier alpha value is -1.99. The highest BCUT2D eigenvalue weighted by atomic mass is 19.4. The third kappa shape index (κ3) is 3.20. The summed E-state index contributed by atoms with van der Waals surface area (Å²) >= 11 is 0. The van der Waals surface area contributed by atoms with Crippen LogP contribution in [0.5, 0.6) is 0 Å². The summed E-state index contributed by atoms with van der Waals surface area (Å²) in [7, 11) is 0. The molecule has 1 aliphatic rings. The average molecular weight is 305 g/mol. The summed E-state index contributed by atoms with van der Waals surface area (Å²) in [5, 5.41) is 2.64. The molecule has 0 aromatic carbocycles. The zero-order valence-electron chi connectivity index (χ0n) is 11.2. The number of rotatable bonds is 2. The van der Waals surface area contributed by atoms with Gasteiger partial charge in [0.1, 0.15) is 0 Å². The maximum Gasteiger partial charge on any atom is 0.451 e. The average Bonchev–Trinajstić information content (AvgIpc) is 2.40. The van der Waals surface area contributed by atoms with Gasteiger partial charge in [0.25, 0.3) is 6.43 Å². The standard InChI is InChI=1S/C13H12F5N3/c1-6-3-9(7(2)21-10(6)11(14)15)8-4-19-12(20-5-8)13(16,17)18/h3-5,7,11,21H,1-2H3. The fraction of sp³-hybridized carbons (Fsp3) is 0.385. The summed E-state index contributed by atoms with van der Waals surface area (Å²) < 4.78 is 62.7. The van der Waals surface area contributed by atoms with E-state index in [4.69, 9.17) is 0 Å². The Balaban J connectivity index is 2.36. The molecule has 0 aliphatic carbocycles. The molecule has 0 spiro atoms. The first-order chi connectivity index (χ1) is 9.70. The molecule has 2 heterocycles. The Bertz CT molecular complexity index is 587. The van der Waals surface area contributed by atoms with Gasteiger partial charge in [0.05, 0.1) is 5.70 Å². The van der Waals surface area contributed by atoms with E-state index in [1.165, 1.54) is 13.0 Å². The van der Waals surface area contributed by atoms with Crippen molar-refractivity contribution in [3.63, 3.8) is 0 Å². The van der Waals surface area contributed by atoms with Crippen LogP contribution in [0, 0.1) is 0 Å². The van der Waals surface area contributed by atoms with E-state index in [-0.39, 0.29) is 5.70 Å². The van der Waals surface area contributed by atoms with Crippen molar-refractivity contribution in [1.82, 2.24) is 15.3 Å². The second-order valence-corrected chi connectivity index (χ2v) is 4.66. The number of hydrogen-bond donors (Lipinski definition) is 1. The largest absolute Gasteiger partial charge is 0.451 e. The Morgan fingerprint density at radius 3 is 2.24 bits per heavy atom. The van der Waals surface area contributed by atoms with Crippen molar-refractivity contribution >= 4 is 5.57 Å². The first-order valence-electron chi connectivity index (χ1n) is 6.07. The molecule has 21 heavy (non-hydrogen) atoms. The molecule has 1 N–H and O–H groups in total. The van der Waals surface area contributed by atoms with Crippen molar-refractivity contribution in [2.75, 3.05) is 0 Å². The molecular formula is C13H12F5N3. The van der Waals surface area contributed by atoms with Gasteiger partial charge in [-0.15, -0.1) is 0 Å². The number of allylic oxidation sites excluding steroid dienone is 3. The molecule has 8 heteroatoms. The van der Waals surface area contributed by atoms with E-state index in [9.17, 15) is 22.0 Å². The van der Waals surface area contributed by atoms with Gasteiger partial charge in [0, 0.05) is 24.0 Å². The van der Waals surface area contributed by atoms with Crippen molar-refractivity contribution < 1.29 is 22.0 Å². The highest BCUT2D eigenvalue weighted by molar-refractivity contribution is 5.72. The lowest BCUT2D eigenvalue weighted by atomic mass is 9.95. The van der Waals surface area contributed by atoms with Crippen LogP contribution in [0.1, 0.15) is 25.2 Å². The normalized spacial score (nSPS) is 19.6. The summed E-state index contributed by atoms with van der Waals surface area (Å²) in [6, 6.07) is -0.474. The Kier molecular flexibility index (Phi) is 3.97. The number of hydrogen-bond acceptors (Lipinski definition) is 3. The van der Waals surface area contributed by atoms with Crippen LogP contribution in [-0.2, 0) is 6.18 Å². The lowest BCUT2D eigenvalue weighted by molar-refractivity contribution is -0.145. The molecule has 1 aromatic heterocycles. The minimum absolute atomic E-state index is 0.181. The van der Waals surface area contributed by atoms with E-state index < -0.39 is 24.5 Å². The zero-order chi connectivity index (χ0) is 15.8. The predicted octanol–water partition coefficient (Wildman–Crippen LogP) is 3.41. The van der Waals surface area contributed by atoms with Crippen molar-refractivity contribution in [3.05, 3.63) is 41.1 Å². The molecule has 0 radical (unpaired) electrons. The molecule has 114 valence electrons. The summed E-state index contributed by atoms with van der Waals surface area (Å²) in [5.41, 5.74) is 1.07. The zero-order valence-corrected chi connectivity index (χ0v) is 11.2. The van der Waals surface area contributed by atoms with E-state index in [1.807, 2.05) is 0 Å². The van der Waals surface area contributed by atoms with Gasteiger partial charge in [-0.1, -0.05) is 6.08 Å². The Morgan fingerprint density at radius 2 is 1.76 bits per heavy atom. The van der Waals surface area contributed by atoms with Gasteiger partial charge in [-0.05, 0) is 25.0 Å². The smallest absolute Gasteiger partial charge is 0.377 e. The molecule has 0 fully saturated rings. The molecule has 0 saturated heterocycles. The van der Waals surface area contributed by atoms with Crippen molar-refractivity contribution in [2.24, 2.45) is 0 Å². The van der Waals surface area contributed by atoms with E-state index in [0.717, 1.165) is 12.4 Å². The maximum absolute atomic E-state index is 12.8.